The van der Waals surface area contributed by atoms with Gasteiger partial charge in [-0.2, -0.15) is 0 Å². The van der Waals surface area contributed by atoms with Crippen LogP contribution < -0.4 is 5.56 Å². The van der Waals surface area contributed by atoms with Crippen molar-refractivity contribution in [2.24, 2.45) is 5.41 Å². The second-order valence-electron chi connectivity index (χ2n) is 6.78. The van der Waals surface area contributed by atoms with Gasteiger partial charge in [0.25, 0.3) is 5.56 Å². The van der Waals surface area contributed by atoms with Gasteiger partial charge in [-0.1, -0.05) is 18.6 Å². The van der Waals surface area contributed by atoms with Gasteiger partial charge in [-0.25, -0.2) is 4.98 Å². The molecule has 0 aliphatic carbocycles. The highest BCUT2D eigenvalue weighted by Crippen LogP contribution is 2.35. The highest BCUT2D eigenvalue weighted by atomic mass is 16.2. The fourth-order valence-corrected chi connectivity index (χ4v) is 2.94. The number of hydrogen-bond donors (Lipinski definition) is 1. The molecular formula is C17H25N3O2. The Morgan fingerprint density at radius 1 is 1.45 bits per heavy atom. The molecule has 1 fully saturated rings. The number of aromatic nitrogens is 2. The van der Waals surface area contributed by atoms with Crippen molar-refractivity contribution in [1.29, 1.82) is 0 Å². The minimum atomic E-state index is -0.180. The topological polar surface area (TPSA) is 66.1 Å². The highest BCUT2D eigenvalue weighted by Gasteiger charge is 2.34. The summed E-state index contributed by atoms with van der Waals surface area (Å²) in [6, 6.07) is 1.46. The standard InChI is InChI=1S/C17H25N3O2/c1-13(2)5-4-7-17(3)8-6-16(22)20(11-17)10-14-9-15(21)19-12-18-14/h5,9,12H,4,6-8,10-11H2,1-3H3,(H,18,19,21)/t17-/m0/s1. The van der Waals surface area contributed by atoms with Crippen LogP contribution in [0.1, 0.15) is 52.1 Å². The number of allylic oxidation sites excluding steroid dienone is 2. The Bertz CT molecular complexity index is 616. The van der Waals surface area contributed by atoms with Gasteiger partial charge in [0.15, 0.2) is 0 Å². The van der Waals surface area contributed by atoms with Crippen LogP contribution in [0.5, 0.6) is 0 Å². The molecule has 0 spiro atoms. The van der Waals surface area contributed by atoms with Crippen molar-refractivity contribution >= 4 is 5.91 Å². The molecule has 1 aliphatic heterocycles. The molecular weight excluding hydrogens is 278 g/mol. The van der Waals surface area contributed by atoms with Crippen LogP contribution >= 0.6 is 0 Å². The van der Waals surface area contributed by atoms with E-state index in [-0.39, 0.29) is 16.9 Å². The second kappa shape index (κ2) is 6.90. The third-order valence-corrected chi connectivity index (χ3v) is 4.26. The van der Waals surface area contributed by atoms with E-state index in [2.05, 4.69) is 36.8 Å². The zero-order chi connectivity index (χ0) is 16.2. The van der Waals surface area contributed by atoms with E-state index in [1.54, 1.807) is 0 Å². The predicted molar refractivity (Wildman–Crippen MR) is 86.3 cm³/mol. The van der Waals surface area contributed by atoms with E-state index in [9.17, 15) is 9.59 Å². The third-order valence-electron chi connectivity index (χ3n) is 4.26. The molecule has 120 valence electrons. The molecule has 1 aliphatic rings. The summed E-state index contributed by atoms with van der Waals surface area (Å²) < 4.78 is 0. The lowest BCUT2D eigenvalue weighted by molar-refractivity contribution is -0.138. The molecule has 0 radical (unpaired) electrons. The number of carbonyl (C=O) groups is 1. The molecule has 2 rings (SSSR count). The molecule has 1 aromatic rings. The van der Waals surface area contributed by atoms with Crippen LogP contribution in [0.4, 0.5) is 0 Å². The first kappa shape index (κ1) is 16.5. The molecule has 0 saturated carbocycles. The van der Waals surface area contributed by atoms with E-state index in [1.165, 1.54) is 18.0 Å². The van der Waals surface area contributed by atoms with Crippen molar-refractivity contribution in [2.75, 3.05) is 6.54 Å². The average Bonchev–Trinajstić information content (AvgIpc) is 2.43. The van der Waals surface area contributed by atoms with Gasteiger partial charge < -0.3 is 9.88 Å². The Hall–Kier alpha value is -1.91. The predicted octanol–water partition coefficient (Wildman–Crippen LogP) is 2.65. The van der Waals surface area contributed by atoms with Crippen LogP contribution in [-0.2, 0) is 11.3 Å². The molecule has 0 aromatic carbocycles. The maximum absolute atomic E-state index is 12.2. The van der Waals surface area contributed by atoms with Gasteiger partial charge in [0, 0.05) is 19.0 Å². The molecule has 1 amide bonds. The fraction of sp³-hybridized carbons (Fsp3) is 0.588. The van der Waals surface area contributed by atoms with Gasteiger partial charge in [-0.15, -0.1) is 0 Å². The van der Waals surface area contributed by atoms with Crippen LogP contribution in [0.25, 0.3) is 0 Å². The lowest BCUT2D eigenvalue weighted by atomic mass is 9.77. The Kier molecular flexibility index (Phi) is 5.16. The molecule has 5 nitrogen and oxygen atoms in total. The van der Waals surface area contributed by atoms with Gasteiger partial charge in [0.1, 0.15) is 0 Å². The van der Waals surface area contributed by atoms with Crippen LogP contribution in [-0.4, -0.2) is 27.3 Å². The van der Waals surface area contributed by atoms with E-state index >= 15 is 0 Å². The first-order chi connectivity index (χ1) is 10.4. The third kappa shape index (κ3) is 4.55. The highest BCUT2D eigenvalue weighted by molar-refractivity contribution is 5.77. The number of aromatic amines is 1. The van der Waals surface area contributed by atoms with E-state index in [1.807, 2.05) is 4.90 Å². The first-order valence-corrected chi connectivity index (χ1v) is 7.83. The van der Waals surface area contributed by atoms with E-state index in [4.69, 9.17) is 0 Å². The summed E-state index contributed by atoms with van der Waals surface area (Å²) in [7, 11) is 0. The van der Waals surface area contributed by atoms with Gasteiger partial charge in [0.2, 0.25) is 5.91 Å². The Morgan fingerprint density at radius 2 is 2.23 bits per heavy atom. The summed E-state index contributed by atoms with van der Waals surface area (Å²) >= 11 is 0. The molecule has 1 N–H and O–H groups in total. The lowest BCUT2D eigenvalue weighted by Gasteiger charge is -2.40. The number of piperidine rings is 1. The first-order valence-electron chi connectivity index (χ1n) is 7.83. The number of hydrogen-bond acceptors (Lipinski definition) is 3. The zero-order valence-electron chi connectivity index (χ0n) is 13.7. The Balaban J connectivity index is 2.02. The summed E-state index contributed by atoms with van der Waals surface area (Å²) in [4.78, 5) is 32.0. The van der Waals surface area contributed by atoms with Crippen molar-refractivity contribution in [1.82, 2.24) is 14.9 Å². The number of rotatable bonds is 5. The number of H-pyrrole nitrogens is 1. The SMILES string of the molecule is CC(C)=CCC[C@@]1(C)CCC(=O)N(Cc2cc(=O)[nH]cn2)C1. The molecule has 22 heavy (non-hydrogen) atoms. The Morgan fingerprint density at radius 3 is 2.91 bits per heavy atom. The number of carbonyl (C=O) groups excluding carboxylic acids is 1. The van der Waals surface area contributed by atoms with Gasteiger partial charge in [0.05, 0.1) is 18.6 Å². The maximum Gasteiger partial charge on any atom is 0.250 e. The zero-order valence-corrected chi connectivity index (χ0v) is 13.7. The van der Waals surface area contributed by atoms with Crippen LogP contribution in [0.15, 0.2) is 28.8 Å². The molecule has 1 atom stereocenters. The number of amides is 1. The fourth-order valence-electron chi connectivity index (χ4n) is 2.94. The van der Waals surface area contributed by atoms with E-state index in [0.29, 0.717) is 18.7 Å². The maximum atomic E-state index is 12.2. The number of likely N-dealkylation sites (tertiary alicyclic amines) is 1. The van der Waals surface area contributed by atoms with Crippen molar-refractivity contribution in [3.63, 3.8) is 0 Å². The molecule has 1 aromatic heterocycles. The summed E-state index contributed by atoms with van der Waals surface area (Å²) in [5.41, 5.74) is 1.94. The minimum Gasteiger partial charge on any atom is -0.336 e. The molecule has 5 heteroatoms. The summed E-state index contributed by atoms with van der Waals surface area (Å²) in [6.07, 6.45) is 7.27. The Labute approximate surface area is 131 Å². The van der Waals surface area contributed by atoms with Crippen molar-refractivity contribution < 1.29 is 4.79 Å². The quantitative estimate of drug-likeness (QED) is 0.850. The van der Waals surface area contributed by atoms with E-state index < -0.39 is 0 Å². The average molecular weight is 303 g/mol. The normalized spacial score (nSPS) is 21.8. The van der Waals surface area contributed by atoms with Crippen LogP contribution in [0.3, 0.4) is 0 Å². The monoisotopic (exact) mass is 303 g/mol. The number of nitrogens with one attached hydrogen (secondary N) is 1. The summed E-state index contributed by atoms with van der Waals surface area (Å²) in [6.45, 7) is 7.61. The molecule has 1 saturated heterocycles. The smallest absolute Gasteiger partial charge is 0.250 e. The van der Waals surface area contributed by atoms with Crippen LogP contribution in [0, 0.1) is 5.41 Å². The summed E-state index contributed by atoms with van der Waals surface area (Å²) in [5.74, 6) is 0.154. The summed E-state index contributed by atoms with van der Waals surface area (Å²) in [5, 5.41) is 0. The van der Waals surface area contributed by atoms with Gasteiger partial charge in [-0.05, 0) is 38.5 Å². The van der Waals surface area contributed by atoms with Crippen LogP contribution in [0.2, 0.25) is 0 Å². The molecule has 2 heterocycles. The second-order valence-corrected chi connectivity index (χ2v) is 6.78. The van der Waals surface area contributed by atoms with Crippen molar-refractivity contribution in [3.8, 4) is 0 Å². The van der Waals surface area contributed by atoms with Gasteiger partial charge in [-0.3, -0.25) is 9.59 Å². The van der Waals surface area contributed by atoms with Gasteiger partial charge >= 0.3 is 0 Å². The largest absolute Gasteiger partial charge is 0.336 e. The number of nitrogens with zero attached hydrogens (tertiary/aromatic N) is 2. The van der Waals surface area contributed by atoms with Crippen molar-refractivity contribution in [2.45, 2.75) is 53.0 Å². The molecule has 0 unspecified atom stereocenters. The lowest BCUT2D eigenvalue weighted by Crippen LogP contribution is -2.44. The molecule has 0 bridgehead atoms. The van der Waals surface area contributed by atoms with E-state index in [0.717, 1.165) is 25.8 Å². The van der Waals surface area contributed by atoms with Crippen molar-refractivity contribution in [3.05, 3.63) is 40.1 Å². The minimum absolute atomic E-state index is 0.140.